The molecule has 3 rings (SSSR count). The third-order valence-corrected chi connectivity index (χ3v) is 3.45. The van der Waals surface area contributed by atoms with Gasteiger partial charge in [0, 0.05) is 23.1 Å². The maximum atomic E-state index is 12.0. The number of hydrogen-bond acceptors (Lipinski definition) is 5. The molecule has 0 spiro atoms. The molecule has 0 radical (unpaired) electrons. The third-order valence-electron chi connectivity index (χ3n) is 3.45. The maximum Gasteiger partial charge on any atom is 0.271 e. The van der Waals surface area contributed by atoms with Crippen molar-refractivity contribution in [3.05, 3.63) is 76.0 Å². The van der Waals surface area contributed by atoms with E-state index >= 15 is 0 Å². The van der Waals surface area contributed by atoms with Gasteiger partial charge in [-0.15, -0.1) is 0 Å². The Balaban J connectivity index is 1.74. The van der Waals surface area contributed by atoms with Gasteiger partial charge in [0.2, 0.25) is 0 Å². The summed E-state index contributed by atoms with van der Waals surface area (Å²) < 4.78 is 5.65. The van der Waals surface area contributed by atoms with Crippen molar-refractivity contribution < 1.29 is 14.1 Å². The van der Waals surface area contributed by atoms with E-state index in [9.17, 15) is 14.9 Å². The lowest BCUT2D eigenvalue weighted by atomic mass is 10.2. The van der Waals surface area contributed by atoms with Crippen molar-refractivity contribution in [3.63, 3.8) is 0 Å². The Kier molecular flexibility index (Phi) is 4.07. The van der Waals surface area contributed by atoms with Crippen molar-refractivity contribution >= 4 is 28.3 Å². The van der Waals surface area contributed by atoms with E-state index in [-0.39, 0.29) is 11.3 Å². The van der Waals surface area contributed by atoms with Crippen LogP contribution in [0.2, 0.25) is 0 Å². The lowest BCUT2D eigenvalue weighted by Crippen LogP contribution is -2.19. The Morgan fingerprint density at radius 2 is 1.88 bits per heavy atom. The maximum absolute atomic E-state index is 12.0. The normalized spacial score (nSPS) is 11.5. The van der Waals surface area contributed by atoms with Crippen LogP contribution >= 0.6 is 0 Å². The van der Waals surface area contributed by atoms with Gasteiger partial charge >= 0.3 is 0 Å². The molecule has 24 heavy (non-hydrogen) atoms. The van der Waals surface area contributed by atoms with Crippen LogP contribution < -0.4 is 5.43 Å². The molecule has 0 aliphatic carbocycles. The average molecular weight is 323 g/mol. The van der Waals surface area contributed by atoms with Crippen LogP contribution in [0.5, 0.6) is 0 Å². The average Bonchev–Trinajstić information content (AvgIpc) is 3.03. The molecule has 0 saturated heterocycles. The van der Waals surface area contributed by atoms with Gasteiger partial charge in [0.05, 0.1) is 4.92 Å². The summed E-state index contributed by atoms with van der Waals surface area (Å²) in [6.07, 6.45) is 0. The van der Waals surface area contributed by atoms with Crippen molar-refractivity contribution in [1.29, 1.82) is 0 Å². The van der Waals surface area contributed by atoms with E-state index in [0.29, 0.717) is 11.5 Å². The molecule has 0 aliphatic heterocycles. The molecule has 0 fully saturated rings. The van der Waals surface area contributed by atoms with E-state index in [0.717, 1.165) is 11.0 Å². The smallest absolute Gasteiger partial charge is 0.271 e. The lowest BCUT2D eigenvalue weighted by molar-refractivity contribution is -0.384. The van der Waals surface area contributed by atoms with E-state index in [1.165, 1.54) is 24.3 Å². The van der Waals surface area contributed by atoms with Gasteiger partial charge in [-0.25, -0.2) is 5.43 Å². The molecule has 0 bridgehead atoms. The van der Waals surface area contributed by atoms with Crippen LogP contribution in [-0.2, 0) is 0 Å². The second kappa shape index (κ2) is 6.33. The summed E-state index contributed by atoms with van der Waals surface area (Å²) in [7, 11) is 0. The minimum absolute atomic E-state index is 0.0755. The number of carbonyl (C=O) groups excluding carboxylic acids is 1. The zero-order chi connectivity index (χ0) is 17.1. The standard InChI is InChI=1S/C17H13N3O4/c1-11(16-10-13-4-2-3-5-15(13)24-16)18-19-17(21)12-6-8-14(9-7-12)20(22)23/h2-10H,1H3,(H,19,21)/b18-11-. The van der Waals surface area contributed by atoms with Crippen LogP contribution in [0.25, 0.3) is 11.0 Å². The van der Waals surface area contributed by atoms with Crippen LogP contribution in [0.1, 0.15) is 23.0 Å². The SMILES string of the molecule is C/C(=N/NC(=O)c1ccc([N+](=O)[O-])cc1)c1cc2ccccc2o1. The second-order valence-electron chi connectivity index (χ2n) is 5.09. The summed E-state index contributed by atoms with van der Waals surface area (Å²) in [4.78, 5) is 22.1. The van der Waals surface area contributed by atoms with Crippen molar-refractivity contribution in [2.24, 2.45) is 5.10 Å². The highest BCUT2D eigenvalue weighted by Crippen LogP contribution is 2.19. The number of nitrogens with zero attached hydrogens (tertiary/aromatic N) is 2. The molecule has 1 heterocycles. The highest BCUT2D eigenvalue weighted by atomic mass is 16.6. The molecule has 0 saturated carbocycles. The highest BCUT2D eigenvalue weighted by Gasteiger charge is 2.10. The first-order valence-corrected chi connectivity index (χ1v) is 7.12. The summed E-state index contributed by atoms with van der Waals surface area (Å²) in [5.41, 5.74) is 3.87. The minimum atomic E-state index is -0.522. The Bertz CT molecular complexity index is 909. The van der Waals surface area contributed by atoms with Crippen LogP contribution in [0.4, 0.5) is 5.69 Å². The van der Waals surface area contributed by atoms with Crippen LogP contribution in [0.15, 0.2) is 64.1 Å². The van der Waals surface area contributed by atoms with Crippen molar-refractivity contribution in [1.82, 2.24) is 5.43 Å². The highest BCUT2D eigenvalue weighted by molar-refractivity contribution is 6.01. The topological polar surface area (TPSA) is 97.7 Å². The number of benzene rings is 2. The monoisotopic (exact) mass is 323 g/mol. The van der Waals surface area contributed by atoms with Gasteiger partial charge in [0.15, 0.2) is 5.76 Å². The van der Waals surface area contributed by atoms with Crippen LogP contribution in [-0.4, -0.2) is 16.5 Å². The van der Waals surface area contributed by atoms with Crippen molar-refractivity contribution in [2.75, 3.05) is 0 Å². The first kappa shape index (κ1) is 15.4. The molecule has 7 heteroatoms. The Morgan fingerprint density at radius 3 is 2.54 bits per heavy atom. The van der Waals surface area contributed by atoms with E-state index in [1.807, 2.05) is 30.3 Å². The summed E-state index contributed by atoms with van der Waals surface area (Å²) >= 11 is 0. The van der Waals surface area contributed by atoms with E-state index in [4.69, 9.17) is 4.42 Å². The van der Waals surface area contributed by atoms with Crippen LogP contribution in [0, 0.1) is 10.1 Å². The number of amides is 1. The summed E-state index contributed by atoms with van der Waals surface area (Å²) in [6, 6.07) is 14.7. The number of rotatable bonds is 4. The summed E-state index contributed by atoms with van der Waals surface area (Å²) in [5, 5.41) is 15.6. The molecule has 120 valence electrons. The fourth-order valence-corrected chi connectivity index (χ4v) is 2.15. The number of fused-ring (bicyclic) bond motifs is 1. The number of hydrogen-bond donors (Lipinski definition) is 1. The quantitative estimate of drug-likeness (QED) is 0.451. The van der Waals surface area contributed by atoms with Gasteiger partial charge in [-0.2, -0.15) is 5.10 Å². The van der Waals surface area contributed by atoms with Gasteiger partial charge in [0.1, 0.15) is 11.3 Å². The number of nitro benzene ring substituents is 1. The molecule has 1 aromatic heterocycles. The van der Waals surface area contributed by atoms with Crippen LogP contribution in [0.3, 0.4) is 0 Å². The van der Waals surface area contributed by atoms with E-state index < -0.39 is 10.8 Å². The van der Waals surface area contributed by atoms with Gasteiger partial charge in [-0.3, -0.25) is 14.9 Å². The molecule has 0 aliphatic rings. The Morgan fingerprint density at radius 1 is 1.17 bits per heavy atom. The summed E-state index contributed by atoms with van der Waals surface area (Å²) in [6.45, 7) is 1.72. The fourth-order valence-electron chi connectivity index (χ4n) is 2.15. The predicted octanol–water partition coefficient (Wildman–Crippen LogP) is 3.50. The molecule has 7 nitrogen and oxygen atoms in total. The zero-order valence-electron chi connectivity index (χ0n) is 12.7. The number of carbonyl (C=O) groups is 1. The van der Waals surface area contributed by atoms with Crippen molar-refractivity contribution in [3.8, 4) is 0 Å². The Hall–Kier alpha value is -3.48. The molecule has 1 N–H and O–H groups in total. The molecule has 0 atom stereocenters. The molecule has 1 amide bonds. The first-order chi connectivity index (χ1) is 11.5. The minimum Gasteiger partial charge on any atom is -0.455 e. The van der Waals surface area contributed by atoms with Gasteiger partial charge in [-0.05, 0) is 31.2 Å². The largest absolute Gasteiger partial charge is 0.455 e. The predicted molar refractivity (Wildman–Crippen MR) is 89.0 cm³/mol. The molecular formula is C17H13N3O4. The molecule has 2 aromatic carbocycles. The number of nitrogens with one attached hydrogen (secondary N) is 1. The first-order valence-electron chi connectivity index (χ1n) is 7.12. The molecular weight excluding hydrogens is 310 g/mol. The van der Waals surface area contributed by atoms with Gasteiger partial charge in [0.25, 0.3) is 11.6 Å². The molecule has 0 unspecified atom stereocenters. The van der Waals surface area contributed by atoms with E-state index in [1.54, 1.807) is 6.92 Å². The second-order valence-corrected chi connectivity index (χ2v) is 5.09. The Labute approximate surface area is 136 Å². The summed E-state index contributed by atoms with van der Waals surface area (Å²) in [5.74, 6) is 0.0977. The number of para-hydroxylation sites is 1. The third kappa shape index (κ3) is 3.14. The number of hydrazone groups is 1. The fraction of sp³-hybridized carbons (Fsp3) is 0.0588. The lowest BCUT2D eigenvalue weighted by Gasteiger charge is -2.01. The number of furan rings is 1. The number of non-ortho nitro benzene ring substituents is 1. The molecule has 3 aromatic rings. The van der Waals surface area contributed by atoms with Gasteiger partial charge in [-0.1, -0.05) is 18.2 Å². The van der Waals surface area contributed by atoms with Gasteiger partial charge < -0.3 is 4.42 Å². The number of nitro groups is 1. The zero-order valence-corrected chi connectivity index (χ0v) is 12.7. The van der Waals surface area contributed by atoms with E-state index in [2.05, 4.69) is 10.5 Å². The van der Waals surface area contributed by atoms with Crippen molar-refractivity contribution in [2.45, 2.75) is 6.92 Å².